The summed E-state index contributed by atoms with van der Waals surface area (Å²) in [6.07, 6.45) is 0. The Morgan fingerprint density at radius 3 is 2.72 bits per heavy atom. The van der Waals surface area contributed by atoms with Crippen LogP contribution in [0.2, 0.25) is 0 Å². The van der Waals surface area contributed by atoms with Crippen molar-refractivity contribution in [2.45, 2.75) is 12.0 Å². The van der Waals surface area contributed by atoms with Gasteiger partial charge in [0.05, 0.1) is 18.2 Å². The Bertz CT molecular complexity index is 424. The van der Waals surface area contributed by atoms with Gasteiger partial charge in [0.1, 0.15) is 0 Å². The molecule has 0 spiro atoms. The number of nitrogens with two attached hydrogens (primary N) is 1. The van der Waals surface area contributed by atoms with Crippen molar-refractivity contribution >= 4 is 0 Å². The van der Waals surface area contributed by atoms with Gasteiger partial charge in [-0.05, 0) is 17.7 Å². The molecule has 2 atom stereocenters. The molecule has 0 aliphatic carbocycles. The van der Waals surface area contributed by atoms with Crippen LogP contribution in [-0.4, -0.2) is 44.3 Å². The smallest absolute Gasteiger partial charge is 0.0991 e. The molecule has 0 radical (unpaired) electrons. The number of nitrogens with zero attached hydrogens (tertiary/aromatic N) is 2. The van der Waals surface area contributed by atoms with Gasteiger partial charge in [0.15, 0.2) is 0 Å². The van der Waals surface area contributed by atoms with Crippen molar-refractivity contribution in [2.24, 2.45) is 5.73 Å². The molecule has 0 amide bonds. The molecule has 2 unspecified atom stereocenters. The first-order chi connectivity index (χ1) is 8.74. The van der Waals surface area contributed by atoms with Gasteiger partial charge in [-0.1, -0.05) is 12.1 Å². The lowest BCUT2D eigenvalue weighted by Crippen LogP contribution is -2.30. The standard InChI is InChI=1S/C14H19N3O/c1-18-7-6-17-9-13(14(16)10-17)12-4-2-11(8-15)3-5-12/h2-5,13-14H,6-7,9-10,16H2,1H3. The van der Waals surface area contributed by atoms with Crippen molar-refractivity contribution in [3.63, 3.8) is 0 Å². The number of hydrogen-bond donors (Lipinski definition) is 1. The minimum Gasteiger partial charge on any atom is -0.383 e. The Balaban J connectivity index is 2.02. The maximum absolute atomic E-state index is 8.79. The van der Waals surface area contributed by atoms with Gasteiger partial charge in [-0.15, -0.1) is 0 Å². The summed E-state index contributed by atoms with van der Waals surface area (Å²) < 4.78 is 5.09. The Hall–Kier alpha value is -1.41. The number of likely N-dealkylation sites (tertiary alicyclic amines) is 1. The Morgan fingerprint density at radius 1 is 1.39 bits per heavy atom. The molecule has 1 heterocycles. The maximum atomic E-state index is 8.79. The molecule has 1 aliphatic heterocycles. The van der Waals surface area contributed by atoms with E-state index in [0.29, 0.717) is 11.5 Å². The van der Waals surface area contributed by atoms with Crippen LogP contribution in [0.1, 0.15) is 17.0 Å². The van der Waals surface area contributed by atoms with E-state index in [2.05, 4.69) is 11.0 Å². The van der Waals surface area contributed by atoms with Gasteiger partial charge in [0.2, 0.25) is 0 Å². The first kappa shape index (κ1) is 13.0. The minimum absolute atomic E-state index is 0.162. The number of nitriles is 1. The van der Waals surface area contributed by atoms with Crippen LogP contribution in [0.4, 0.5) is 0 Å². The summed E-state index contributed by atoms with van der Waals surface area (Å²) in [6.45, 7) is 3.55. The average Bonchev–Trinajstić information content (AvgIpc) is 2.78. The van der Waals surface area contributed by atoms with Crippen LogP contribution in [0.25, 0.3) is 0 Å². The van der Waals surface area contributed by atoms with Crippen molar-refractivity contribution in [3.05, 3.63) is 35.4 Å². The molecular weight excluding hydrogens is 226 g/mol. The number of methoxy groups -OCH3 is 1. The first-order valence-electron chi connectivity index (χ1n) is 6.21. The summed E-state index contributed by atoms with van der Waals surface area (Å²) in [5.41, 5.74) is 8.12. The SMILES string of the molecule is COCCN1CC(N)C(c2ccc(C#N)cc2)C1. The molecule has 4 nitrogen and oxygen atoms in total. The van der Waals surface area contributed by atoms with Crippen LogP contribution < -0.4 is 5.73 Å². The second-order valence-electron chi connectivity index (χ2n) is 4.76. The fraction of sp³-hybridized carbons (Fsp3) is 0.500. The van der Waals surface area contributed by atoms with E-state index in [9.17, 15) is 0 Å². The van der Waals surface area contributed by atoms with E-state index >= 15 is 0 Å². The summed E-state index contributed by atoms with van der Waals surface area (Å²) in [5.74, 6) is 0.356. The summed E-state index contributed by atoms with van der Waals surface area (Å²) in [4.78, 5) is 2.33. The van der Waals surface area contributed by atoms with E-state index in [1.807, 2.05) is 24.3 Å². The monoisotopic (exact) mass is 245 g/mol. The molecule has 96 valence electrons. The van der Waals surface area contributed by atoms with Crippen LogP contribution >= 0.6 is 0 Å². The lowest BCUT2D eigenvalue weighted by molar-refractivity contribution is 0.160. The van der Waals surface area contributed by atoms with Crippen LogP contribution in [0.5, 0.6) is 0 Å². The van der Waals surface area contributed by atoms with Crippen LogP contribution in [0.15, 0.2) is 24.3 Å². The molecule has 1 aromatic carbocycles. The second-order valence-corrected chi connectivity index (χ2v) is 4.76. The quantitative estimate of drug-likeness (QED) is 0.857. The van der Waals surface area contributed by atoms with Crippen molar-refractivity contribution in [3.8, 4) is 6.07 Å². The molecular formula is C14H19N3O. The lowest BCUT2D eigenvalue weighted by Gasteiger charge is -2.15. The van der Waals surface area contributed by atoms with E-state index in [1.165, 1.54) is 5.56 Å². The molecule has 18 heavy (non-hydrogen) atoms. The number of ether oxygens (including phenoxy) is 1. The summed E-state index contributed by atoms with van der Waals surface area (Å²) in [5, 5.41) is 8.79. The third-order valence-corrected chi connectivity index (χ3v) is 3.52. The Morgan fingerprint density at radius 2 is 2.11 bits per heavy atom. The summed E-state index contributed by atoms with van der Waals surface area (Å²) in [6, 6.07) is 10.1. The summed E-state index contributed by atoms with van der Waals surface area (Å²) in [7, 11) is 1.72. The Labute approximate surface area is 108 Å². The van der Waals surface area contributed by atoms with Gasteiger partial charge in [0, 0.05) is 38.7 Å². The van der Waals surface area contributed by atoms with E-state index < -0.39 is 0 Å². The zero-order chi connectivity index (χ0) is 13.0. The Kier molecular flexibility index (Phi) is 4.32. The summed E-state index contributed by atoms with van der Waals surface area (Å²) >= 11 is 0. The highest BCUT2D eigenvalue weighted by Gasteiger charge is 2.30. The molecule has 2 N–H and O–H groups in total. The van der Waals surface area contributed by atoms with Gasteiger partial charge in [-0.2, -0.15) is 5.26 Å². The second kappa shape index (κ2) is 5.96. The maximum Gasteiger partial charge on any atom is 0.0991 e. The minimum atomic E-state index is 0.162. The van der Waals surface area contributed by atoms with Crippen molar-refractivity contribution in [1.29, 1.82) is 5.26 Å². The number of rotatable bonds is 4. The molecule has 2 rings (SSSR count). The zero-order valence-electron chi connectivity index (χ0n) is 10.7. The average molecular weight is 245 g/mol. The van der Waals surface area contributed by atoms with E-state index in [0.717, 1.165) is 26.2 Å². The van der Waals surface area contributed by atoms with Gasteiger partial charge < -0.3 is 10.5 Å². The van der Waals surface area contributed by atoms with Crippen LogP contribution in [0, 0.1) is 11.3 Å². The topological polar surface area (TPSA) is 62.3 Å². The highest BCUT2D eigenvalue weighted by molar-refractivity contribution is 5.34. The first-order valence-corrected chi connectivity index (χ1v) is 6.21. The van der Waals surface area contributed by atoms with Crippen molar-refractivity contribution < 1.29 is 4.74 Å². The fourth-order valence-corrected chi connectivity index (χ4v) is 2.47. The molecule has 0 saturated carbocycles. The van der Waals surface area contributed by atoms with Crippen molar-refractivity contribution in [2.75, 3.05) is 33.4 Å². The van der Waals surface area contributed by atoms with Crippen LogP contribution in [-0.2, 0) is 4.74 Å². The molecule has 1 aliphatic rings. The normalized spacial score (nSPS) is 24.1. The predicted octanol–water partition coefficient (Wildman–Crippen LogP) is 0.931. The van der Waals surface area contributed by atoms with Gasteiger partial charge in [-0.3, -0.25) is 4.90 Å². The van der Waals surface area contributed by atoms with Crippen LogP contribution in [0.3, 0.4) is 0 Å². The van der Waals surface area contributed by atoms with E-state index in [1.54, 1.807) is 7.11 Å². The van der Waals surface area contributed by atoms with Gasteiger partial charge in [-0.25, -0.2) is 0 Å². The highest BCUT2D eigenvalue weighted by Crippen LogP contribution is 2.26. The van der Waals surface area contributed by atoms with E-state index in [-0.39, 0.29) is 6.04 Å². The highest BCUT2D eigenvalue weighted by atomic mass is 16.5. The molecule has 0 bridgehead atoms. The molecule has 0 aromatic heterocycles. The molecule has 4 heteroatoms. The molecule has 1 saturated heterocycles. The fourth-order valence-electron chi connectivity index (χ4n) is 2.47. The number of hydrogen-bond acceptors (Lipinski definition) is 4. The lowest BCUT2D eigenvalue weighted by atomic mass is 9.94. The van der Waals surface area contributed by atoms with Gasteiger partial charge in [0.25, 0.3) is 0 Å². The number of benzene rings is 1. The molecule has 1 aromatic rings. The van der Waals surface area contributed by atoms with E-state index in [4.69, 9.17) is 15.7 Å². The van der Waals surface area contributed by atoms with Gasteiger partial charge >= 0.3 is 0 Å². The third-order valence-electron chi connectivity index (χ3n) is 3.52. The van der Waals surface area contributed by atoms with Crippen molar-refractivity contribution in [1.82, 2.24) is 4.90 Å². The largest absolute Gasteiger partial charge is 0.383 e. The zero-order valence-corrected chi connectivity index (χ0v) is 10.7. The predicted molar refractivity (Wildman–Crippen MR) is 70.2 cm³/mol. The third kappa shape index (κ3) is 2.88. The molecule has 1 fully saturated rings.